The average Bonchev–Trinajstić information content (AvgIpc) is 2.96. The minimum absolute atomic E-state index is 0.887. The van der Waals surface area contributed by atoms with E-state index in [2.05, 4.69) is 110 Å². The van der Waals surface area contributed by atoms with Crippen LogP contribution in [0.25, 0.3) is 29.1 Å². The van der Waals surface area contributed by atoms with Crippen molar-refractivity contribution in [2.24, 2.45) is 0 Å². The number of aromatic nitrogens is 2. The quantitative estimate of drug-likeness (QED) is 0.181. The number of rotatable bonds is 12. The molecule has 2 aromatic carbocycles. The molecule has 194 valence electrons. The molecule has 0 saturated carbocycles. The predicted molar refractivity (Wildman–Crippen MR) is 164 cm³/mol. The van der Waals surface area contributed by atoms with Crippen LogP contribution in [-0.2, 0) is 0 Å². The summed E-state index contributed by atoms with van der Waals surface area (Å²) in [5, 5.41) is 0. The molecular formula is C35H39N3. The van der Waals surface area contributed by atoms with E-state index in [0.717, 1.165) is 41.2 Å². The lowest BCUT2D eigenvalue weighted by molar-refractivity contribution is 0.678. The van der Waals surface area contributed by atoms with Crippen LogP contribution in [-0.4, -0.2) is 23.1 Å². The van der Waals surface area contributed by atoms with Crippen molar-refractivity contribution in [1.29, 1.82) is 0 Å². The molecule has 0 fully saturated rings. The van der Waals surface area contributed by atoms with Gasteiger partial charge in [-0.3, -0.25) is 9.97 Å². The number of allylic oxidation sites excluding steroid dienone is 2. The molecule has 2 heterocycles. The van der Waals surface area contributed by atoms with Crippen molar-refractivity contribution in [3.8, 4) is 11.4 Å². The molecule has 0 atom stereocenters. The number of nitrogens with zero attached hydrogens (tertiary/aromatic N) is 3. The maximum absolute atomic E-state index is 4.76. The summed E-state index contributed by atoms with van der Waals surface area (Å²) in [5.41, 5.74) is 8.74. The summed E-state index contributed by atoms with van der Waals surface area (Å²) in [6.07, 6.45) is 15.2. The number of hydrogen-bond donors (Lipinski definition) is 0. The van der Waals surface area contributed by atoms with Gasteiger partial charge in [-0.1, -0.05) is 87.4 Å². The molecule has 0 N–H and O–H groups in total. The van der Waals surface area contributed by atoms with Crippen LogP contribution in [0.3, 0.4) is 0 Å². The highest BCUT2D eigenvalue weighted by Crippen LogP contribution is 2.30. The summed E-state index contributed by atoms with van der Waals surface area (Å²) in [6, 6.07) is 27.7. The van der Waals surface area contributed by atoms with Crippen LogP contribution in [0.4, 0.5) is 5.69 Å². The van der Waals surface area contributed by atoms with Gasteiger partial charge in [-0.2, -0.15) is 0 Å². The molecule has 0 amide bonds. The smallest absolute Gasteiger partial charge is 0.0964 e. The van der Waals surface area contributed by atoms with Gasteiger partial charge < -0.3 is 4.90 Å². The molecule has 3 heteroatoms. The number of pyridine rings is 2. The van der Waals surface area contributed by atoms with E-state index in [1.54, 1.807) is 0 Å². The molecule has 38 heavy (non-hydrogen) atoms. The highest BCUT2D eigenvalue weighted by molar-refractivity contribution is 5.94. The van der Waals surface area contributed by atoms with Gasteiger partial charge in [-0.25, -0.2) is 0 Å². The van der Waals surface area contributed by atoms with Gasteiger partial charge in [0, 0.05) is 36.7 Å². The van der Waals surface area contributed by atoms with E-state index in [1.807, 2.05) is 30.6 Å². The lowest BCUT2D eigenvalue weighted by Crippen LogP contribution is -2.25. The molecule has 0 aliphatic heterocycles. The van der Waals surface area contributed by atoms with E-state index >= 15 is 0 Å². The topological polar surface area (TPSA) is 29.0 Å². The Bertz CT molecular complexity index is 1330. The van der Waals surface area contributed by atoms with Gasteiger partial charge in [0.25, 0.3) is 0 Å². The summed E-state index contributed by atoms with van der Waals surface area (Å²) < 4.78 is 0. The second kappa shape index (κ2) is 14.1. The van der Waals surface area contributed by atoms with Crippen LogP contribution in [0, 0.1) is 6.92 Å². The van der Waals surface area contributed by atoms with Gasteiger partial charge in [0.1, 0.15) is 0 Å². The molecular weight excluding hydrogens is 462 g/mol. The SMILES string of the molecule is CCCCN(CCCC)c1ccc(C=C(C=Cc2ccccc2)c2cccnc2-c2cc(C)ccn2)cc1. The van der Waals surface area contributed by atoms with Crippen molar-refractivity contribution < 1.29 is 0 Å². The van der Waals surface area contributed by atoms with Crippen molar-refractivity contribution >= 4 is 23.4 Å². The number of anilines is 1. The van der Waals surface area contributed by atoms with Crippen molar-refractivity contribution in [3.63, 3.8) is 0 Å². The predicted octanol–water partition coefficient (Wildman–Crippen LogP) is 9.11. The van der Waals surface area contributed by atoms with Crippen molar-refractivity contribution in [2.75, 3.05) is 18.0 Å². The van der Waals surface area contributed by atoms with Crippen molar-refractivity contribution in [2.45, 2.75) is 46.5 Å². The zero-order valence-electron chi connectivity index (χ0n) is 23.0. The monoisotopic (exact) mass is 501 g/mol. The largest absolute Gasteiger partial charge is 0.372 e. The van der Waals surface area contributed by atoms with Gasteiger partial charge in [0.2, 0.25) is 0 Å². The third-order valence-corrected chi connectivity index (χ3v) is 6.68. The van der Waals surface area contributed by atoms with E-state index in [-0.39, 0.29) is 0 Å². The second-order valence-corrected chi connectivity index (χ2v) is 9.75. The maximum Gasteiger partial charge on any atom is 0.0964 e. The Morgan fingerprint density at radius 3 is 2.18 bits per heavy atom. The Balaban J connectivity index is 1.73. The minimum Gasteiger partial charge on any atom is -0.372 e. The van der Waals surface area contributed by atoms with Gasteiger partial charge in [0.15, 0.2) is 0 Å². The third kappa shape index (κ3) is 7.52. The lowest BCUT2D eigenvalue weighted by Gasteiger charge is -2.24. The normalized spacial score (nSPS) is 11.7. The highest BCUT2D eigenvalue weighted by Gasteiger charge is 2.12. The Labute approximate surface area is 228 Å². The average molecular weight is 502 g/mol. The first kappa shape index (κ1) is 27.1. The Morgan fingerprint density at radius 1 is 0.763 bits per heavy atom. The molecule has 0 bridgehead atoms. The van der Waals surface area contributed by atoms with E-state index in [9.17, 15) is 0 Å². The Morgan fingerprint density at radius 2 is 1.50 bits per heavy atom. The third-order valence-electron chi connectivity index (χ3n) is 6.68. The zero-order chi connectivity index (χ0) is 26.6. The fourth-order valence-corrected chi connectivity index (χ4v) is 4.50. The molecule has 0 unspecified atom stereocenters. The van der Waals surface area contributed by atoms with Crippen LogP contribution < -0.4 is 4.90 Å². The Kier molecular flexibility index (Phi) is 10.0. The minimum atomic E-state index is 0.887. The lowest BCUT2D eigenvalue weighted by atomic mass is 9.98. The van der Waals surface area contributed by atoms with E-state index in [4.69, 9.17) is 4.98 Å². The molecule has 0 saturated heterocycles. The zero-order valence-corrected chi connectivity index (χ0v) is 23.0. The first-order chi connectivity index (χ1) is 18.7. The van der Waals surface area contributed by atoms with Crippen molar-refractivity contribution in [1.82, 2.24) is 9.97 Å². The van der Waals surface area contributed by atoms with Crippen LogP contribution >= 0.6 is 0 Å². The first-order valence-corrected chi connectivity index (χ1v) is 13.9. The number of aryl methyl sites for hydroxylation is 1. The summed E-state index contributed by atoms with van der Waals surface area (Å²) in [5.74, 6) is 0. The fourth-order valence-electron chi connectivity index (χ4n) is 4.50. The molecule has 0 spiro atoms. The summed E-state index contributed by atoms with van der Waals surface area (Å²) in [4.78, 5) is 11.9. The second-order valence-electron chi connectivity index (χ2n) is 9.75. The van der Waals surface area contributed by atoms with Gasteiger partial charge in [0.05, 0.1) is 11.4 Å². The molecule has 4 aromatic rings. The number of unbranched alkanes of at least 4 members (excludes halogenated alkanes) is 2. The molecule has 0 aliphatic rings. The molecule has 3 nitrogen and oxygen atoms in total. The maximum atomic E-state index is 4.76. The Hall–Kier alpha value is -3.98. The fraction of sp³-hybridized carbons (Fsp3) is 0.257. The van der Waals surface area contributed by atoms with Gasteiger partial charge >= 0.3 is 0 Å². The van der Waals surface area contributed by atoms with E-state index < -0.39 is 0 Å². The molecule has 2 aromatic heterocycles. The molecule has 4 rings (SSSR count). The molecule has 0 radical (unpaired) electrons. The summed E-state index contributed by atoms with van der Waals surface area (Å²) in [7, 11) is 0. The standard InChI is InChI=1S/C35H39N3/c1-4-6-24-38(25-7-5-2)32-19-16-30(17-20-32)27-31(18-15-29-12-9-8-10-13-29)33-14-11-22-37-35(33)34-26-28(3)21-23-36-34/h8-23,26-27H,4-7,24-25H2,1-3H3. The van der Waals surface area contributed by atoms with Crippen LogP contribution in [0.5, 0.6) is 0 Å². The van der Waals surface area contributed by atoms with Gasteiger partial charge in [-0.05, 0) is 78.4 Å². The first-order valence-electron chi connectivity index (χ1n) is 13.9. The number of hydrogen-bond acceptors (Lipinski definition) is 3. The van der Waals surface area contributed by atoms with Crippen LogP contribution in [0.1, 0.15) is 61.8 Å². The van der Waals surface area contributed by atoms with Crippen molar-refractivity contribution in [3.05, 3.63) is 120 Å². The molecule has 0 aliphatic carbocycles. The van der Waals surface area contributed by atoms with E-state index in [1.165, 1.54) is 42.5 Å². The highest BCUT2D eigenvalue weighted by atomic mass is 15.1. The van der Waals surface area contributed by atoms with E-state index in [0.29, 0.717) is 0 Å². The summed E-state index contributed by atoms with van der Waals surface area (Å²) in [6.45, 7) is 8.83. The van der Waals surface area contributed by atoms with Crippen LogP contribution in [0.2, 0.25) is 0 Å². The number of benzene rings is 2. The summed E-state index contributed by atoms with van der Waals surface area (Å²) >= 11 is 0. The van der Waals surface area contributed by atoms with Crippen LogP contribution in [0.15, 0.2) is 97.3 Å². The van der Waals surface area contributed by atoms with Gasteiger partial charge in [-0.15, -0.1) is 0 Å².